The third kappa shape index (κ3) is 7.70. The van der Waals surface area contributed by atoms with Crippen molar-refractivity contribution in [2.75, 3.05) is 31.3 Å². The first-order chi connectivity index (χ1) is 18.5. The molecule has 0 bridgehead atoms. The second kappa shape index (κ2) is 13.6. The zero-order chi connectivity index (χ0) is 28.7. The van der Waals surface area contributed by atoms with Gasteiger partial charge in [0, 0.05) is 34.3 Å². The lowest BCUT2D eigenvalue weighted by Crippen LogP contribution is -2.53. The van der Waals surface area contributed by atoms with Crippen LogP contribution in [-0.4, -0.2) is 64.2 Å². The van der Waals surface area contributed by atoms with E-state index in [-0.39, 0.29) is 24.2 Å². The van der Waals surface area contributed by atoms with Crippen molar-refractivity contribution in [3.63, 3.8) is 0 Å². The van der Waals surface area contributed by atoms with E-state index in [0.29, 0.717) is 33.5 Å². The summed E-state index contributed by atoms with van der Waals surface area (Å²) in [7, 11) is -1.02. The van der Waals surface area contributed by atoms with Gasteiger partial charge in [-0.3, -0.25) is 13.9 Å². The molecule has 39 heavy (non-hydrogen) atoms. The first kappa shape index (κ1) is 30.8. The summed E-state index contributed by atoms with van der Waals surface area (Å²) in [6, 6.07) is 8.73. The van der Waals surface area contributed by atoms with Crippen LogP contribution >= 0.6 is 23.2 Å². The number of nitrogens with zero attached hydrogens (tertiary/aromatic N) is 2. The SMILES string of the molecule is CC[C@@H](C(=O)NC1CCCC1)N(Cc1c(Cl)cccc1Cl)C(=O)CN(c1ccc(OC)c(OC)c1)S(C)(=O)=O. The lowest BCUT2D eigenvalue weighted by atomic mass is 10.1. The number of amides is 2. The average molecular weight is 601 g/mol. The van der Waals surface area contributed by atoms with Crippen molar-refractivity contribution in [3.05, 3.63) is 52.0 Å². The summed E-state index contributed by atoms with van der Waals surface area (Å²) in [5.41, 5.74) is 0.681. The van der Waals surface area contributed by atoms with Crippen LogP contribution in [0.4, 0.5) is 5.69 Å². The zero-order valence-corrected chi connectivity index (χ0v) is 24.9. The molecule has 214 valence electrons. The van der Waals surface area contributed by atoms with Crippen LogP contribution in [0.1, 0.15) is 44.6 Å². The normalized spacial score (nSPS) is 14.5. The number of nitrogens with one attached hydrogen (secondary N) is 1. The van der Waals surface area contributed by atoms with E-state index in [1.54, 1.807) is 31.2 Å². The van der Waals surface area contributed by atoms with Crippen LogP contribution in [0.5, 0.6) is 11.5 Å². The minimum atomic E-state index is -3.91. The fourth-order valence-corrected chi connectivity index (χ4v) is 6.09. The molecule has 12 heteroatoms. The maximum atomic E-state index is 13.9. The summed E-state index contributed by atoms with van der Waals surface area (Å²) in [4.78, 5) is 28.7. The molecule has 2 aromatic carbocycles. The molecule has 9 nitrogen and oxygen atoms in total. The highest BCUT2D eigenvalue weighted by atomic mass is 35.5. The minimum Gasteiger partial charge on any atom is -0.493 e. The first-order valence-electron chi connectivity index (χ1n) is 12.7. The van der Waals surface area contributed by atoms with Gasteiger partial charge in [-0.15, -0.1) is 0 Å². The van der Waals surface area contributed by atoms with Gasteiger partial charge >= 0.3 is 0 Å². The fourth-order valence-electron chi connectivity index (χ4n) is 4.73. The monoisotopic (exact) mass is 599 g/mol. The van der Waals surface area contributed by atoms with Crippen LogP contribution in [0.3, 0.4) is 0 Å². The molecule has 0 spiro atoms. The van der Waals surface area contributed by atoms with Crippen LogP contribution in [0.25, 0.3) is 0 Å². The Morgan fingerprint density at radius 2 is 1.67 bits per heavy atom. The predicted octanol–water partition coefficient (Wildman–Crippen LogP) is 4.64. The lowest BCUT2D eigenvalue weighted by molar-refractivity contribution is -0.140. The van der Waals surface area contributed by atoms with Crippen molar-refractivity contribution in [1.82, 2.24) is 10.2 Å². The second-order valence-electron chi connectivity index (χ2n) is 9.44. The molecule has 0 aromatic heterocycles. The van der Waals surface area contributed by atoms with Gasteiger partial charge in [0.05, 0.1) is 26.2 Å². The Kier molecular flexibility index (Phi) is 10.7. The van der Waals surface area contributed by atoms with Crippen molar-refractivity contribution in [2.45, 2.75) is 57.7 Å². The summed E-state index contributed by atoms with van der Waals surface area (Å²) in [6.45, 7) is 1.18. The number of benzene rings is 2. The predicted molar refractivity (Wildman–Crippen MR) is 153 cm³/mol. The highest BCUT2D eigenvalue weighted by molar-refractivity contribution is 7.92. The van der Waals surface area contributed by atoms with Crippen molar-refractivity contribution < 1.29 is 27.5 Å². The Morgan fingerprint density at radius 3 is 2.21 bits per heavy atom. The van der Waals surface area contributed by atoms with Gasteiger partial charge in [0.2, 0.25) is 21.8 Å². The second-order valence-corrected chi connectivity index (χ2v) is 12.2. The quantitative estimate of drug-likeness (QED) is 0.381. The molecule has 0 unspecified atom stereocenters. The van der Waals surface area contributed by atoms with Crippen LogP contribution in [0.15, 0.2) is 36.4 Å². The molecular formula is C27H35Cl2N3O6S. The summed E-state index contributed by atoms with van der Waals surface area (Å²) in [5, 5.41) is 3.74. The lowest BCUT2D eigenvalue weighted by Gasteiger charge is -2.34. The standard InChI is InChI=1S/C27H35Cl2N3O6S/c1-5-23(27(34)30-18-9-6-7-10-18)31(16-20-21(28)11-8-12-22(20)29)26(33)17-32(39(4,35)36)19-13-14-24(37-2)25(15-19)38-3/h8,11-15,18,23H,5-7,9-10,16-17H2,1-4H3,(H,30,34)/t23-/m0/s1. The number of carbonyl (C=O) groups excluding carboxylic acids is 2. The van der Waals surface area contributed by atoms with Crippen LogP contribution in [0, 0.1) is 0 Å². The van der Waals surface area contributed by atoms with Gasteiger partial charge in [0.25, 0.3) is 0 Å². The van der Waals surface area contributed by atoms with E-state index in [0.717, 1.165) is 36.2 Å². The molecular weight excluding hydrogens is 565 g/mol. The molecule has 1 fully saturated rings. The molecule has 1 aliphatic rings. The Balaban J connectivity index is 1.99. The largest absolute Gasteiger partial charge is 0.493 e. The Morgan fingerprint density at radius 1 is 1.05 bits per heavy atom. The number of sulfonamides is 1. The number of rotatable bonds is 12. The summed E-state index contributed by atoms with van der Waals surface area (Å²) >= 11 is 12.8. The van der Waals surface area contributed by atoms with Crippen LogP contribution in [-0.2, 0) is 26.2 Å². The number of ether oxygens (including phenoxy) is 2. The van der Waals surface area contributed by atoms with Gasteiger partial charge in [0.1, 0.15) is 12.6 Å². The van der Waals surface area contributed by atoms with E-state index in [4.69, 9.17) is 32.7 Å². The molecule has 1 saturated carbocycles. The molecule has 2 aromatic rings. The van der Waals surface area contributed by atoms with Gasteiger partial charge in [0.15, 0.2) is 11.5 Å². The topological polar surface area (TPSA) is 105 Å². The molecule has 1 atom stereocenters. The first-order valence-corrected chi connectivity index (χ1v) is 15.3. The molecule has 1 N–H and O–H groups in total. The molecule has 0 saturated heterocycles. The van der Waals surface area contributed by atoms with Gasteiger partial charge in [-0.2, -0.15) is 0 Å². The van der Waals surface area contributed by atoms with Gasteiger partial charge in [-0.05, 0) is 43.5 Å². The number of anilines is 1. The molecule has 3 rings (SSSR count). The summed E-state index contributed by atoms with van der Waals surface area (Å²) in [5.74, 6) is -0.165. The number of hydrogen-bond donors (Lipinski definition) is 1. The Labute approximate surface area is 240 Å². The molecule has 2 amide bonds. The van der Waals surface area contributed by atoms with E-state index in [1.807, 2.05) is 0 Å². The molecule has 1 aliphatic carbocycles. The number of carbonyl (C=O) groups is 2. The Bertz CT molecular complexity index is 1260. The van der Waals surface area contributed by atoms with E-state index >= 15 is 0 Å². The van der Waals surface area contributed by atoms with E-state index in [2.05, 4.69) is 5.32 Å². The smallest absolute Gasteiger partial charge is 0.244 e. The maximum Gasteiger partial charge on any atom is 0.244 e. The minimum absolute atomic E-state index is 0.0479. The number of methoxy groups -OCH3 is 2. The Hall–Kier alpha value is -2.69. The highest BCUT2D eigenvalue weighted by Crippen LogP contribution is 2.33. The number of hydrogen-bond acceptors (Lipinski definition) is 6. The third-order valence-corrected chi connectivity index (χ3v) is 8.66. The van der Waals surface area contributed by atoms with Crippen LogP contribution in [0.2, 0.25) is 10.0 Å². The van der Waals surface area contributed by atoms with Gasteiger partial charge < -0.3 is 19.7 Å². The van der Waals surface area contributed by atoms with Crippen molar-refractivity contribution in [1.29, 1.82) is 0 Å². The van der Waals surface area contributed by atoms with Gasteiger partial charge in [-0.25, -0.2) is 8.42 Å². The molecule has 0 radical (unpaired) electrons. The van der Waals surface area contributed by atoms with E-state index in [1.165, 1.54) is 31.3 Å². The third-order valence-electron chi connectivity index (χ3n) is 6.81. The van der Waals surface area contributed by atoms with E-state index in [9.17, 15) is 18.0 Å². The summed E-state index contributed by atoms with van der Waals surface area (Å²) in [6.07, 6.45) is 5.15. The highest BCUT2D eigenvalue weighted by Gasteiger charge is 2.34. The summed E-state index contributed by atoms with van der Waals surface area (Å²) < 4.78 is 37.3. The van der Waals surface area contributed by atoms with E-state index < -0.39 is 28.5 Å². The van der Waals surface area contributed by atoms with Crippen LogP contribution < -0.4 is 19.1 Å². The molecule has 0 heterocycles. The van der Waals surface area contributed by atoms with Crippen molar-refractivity contribution >= 4 is 50.7 Å². The maximum absolute atomic E-state index is 13.9. The molecule has 0 aliphatic heterocycles. The van der Waals surface area contributed by atoms with Gasteiger partial charge in [-0.1, -0.05) is 49.0 Å². The fraction of sp³-hybridized carbons (Fsp3) is 0.481. The number of halogens is 2. The van der Waals surface area contributed by atoms with Crippen molar-refractivity contribution in [2.24, 2.45) is 0 Å². The average Bonchev–Trinajstić information content (AvgIpc) is 3.40. The van der Waals surface area contributed by atoms with Crippen molar-refractivity contribution in [3.8, 4) is 11.5 Å². The zero-order valence-electron chi connectivity index (χ0n) is 22.6.